The average Bonchev–Trinajstić information content (AvgIpc) is 2.73. The Kier molecular flexibility index (Phi) is 7.76. The van der Waals surface area contributed by atoms with Crippen LogP contribution < -0.4 is 5.43 Å². The van der Waals surface area contributed by atoms with Crippen molar-refractivity contribution in [2.75, 3.05) is 33.7 Å². The normalized spacial score (nSPS) is 19.5. The van der Waals surface area contributed by atoms with Crippen LogP contribution in [0.4, 0.5) is 0 Å². The second kappa shape index (κ2) is 10.2. The number of likely N-dealkylation sites (tertiary alicyclic amines) is 1. The van der Waals surface area contributed by atoms with E-state index in [0.717, 1.165) is 22.3 Å². The second-order valence-electron chi connectivity index (χ2n) is 10.1. The standard InChI is InChI=1S/C27H37N3O3/c1-7-8-21-13-18(2)24(19(3)14-21)25-22(31)15-27(16-23(25)32)9-11-30(12-10-27)26(33)20(4)17-28-29(5)6/h13-14,20,25,28H,9-12,15-17H2,1-6H3. The maximum Gasteiger partial charge on any atom is 0.226 e. The molecule has 178 valence electrons. The fourth-order valence-corrected chi connectivity index (χ4v) is 5.43. The lowest BCUT2D eigenvalue weighted by Crippen LogP contribution is -2.50. The molecule has 1 saturated heterocycles. The molecule has 1 amide bonds. The number of carbonyl (C=O) groups excluding carboxylic acids is 3. The molecule has 1 heterocycles. The van der Waals surface area contributed by atoms with Gasteiger partial charge in [-0.15, -0.1) is 5.92 Å². The molecule has 1 aromatic rings. The molecule has 1 N–H and O–H groups in total. The van der Waals surface area contributed by atoms with Crippen molar-refractivity contribution < 1.29 is 14.4 Å². The van der Waals surface area contributed by atoms with Crippen molar-refractivity contribution in [3.63, 3.8) is 0 Å². The zero-order chi connectivity index (χ0) is 24.3. The molecule has 2 fully saturated rings. The number of aryl methyl sites for hydroxylation is 2. The summed E-state index contributed by atoms with van der Waals surface area (Å²) in [4.78, 5) is 41.4. The molecule has 1 atom stereocenters. The molecule has 1 spiro atoms. The van der Waals surface area contributed by atoms with E-state index in [4.69, 9.17) is 0 Å². The Bertz CT molecular complexity index is 951. The maximum atomic E-state index is 13.3. The zero-order valence-electron chi connectivity index (χ0n) is 20.9. The van der Waals surface area contributed by atoms with Crippen molar-refractivity contribution in [3.05, 3.63) is 34.4 Å². The first kappa shape index (κ1) is 25.1. The molecule has 1 aliphatic heterocycles. The van der Waals surface area contributed by atoms with Crippen LogP contribution in [0.25, 0.3) is 0 Å². The highest BCUT2D eigenvalue weighted by molar-refractivity contribution is 6.10. The fraction of sp³-hybridized carbons (Fsp3) is 0.593. The van der Waals surface area contributed by atoms with Crippen molar-refractivity contribution in [1.82, 2.24) is 15.3 Å². The second-order valence-corrected chi connectivity index (χ2v) is 10.1. The summed E-state index contributed by atoms with van der Waals surface area (Å²) >= 11 is 0. The lowest BCUT2D eigenvalue weighted by Gasteiger charge is -2.45. The summed E-state index contributed by atoms with van der Waals surface area (Å²) < 4.78 is 0. The minimum Gasteiger partial charge on any atom is -0.342 e. The lowest BCUT2D eigenvalue weighted by atomic mass is 9.62. The van der Waals surface area contributed by atoms with Crippen molar-refractivity contribution in [1.29, 1.82) is 0 Å². The van der Waals surface area contributed by atoms with E-state index in [0.29, 0.717) is 45.3 Å². The Labute approximate surface area is 198 Å². The van der Waals surface area contributed by atoms with Gasteiger partial charge in [0.25, 0.3) is 0 Å². The van der Waals surface area contributed by atoms with Crippen LogP contribution in [0.15, 0.2) is 12.1 Å². The van der Waals surface area contributed by atoms with Gasteiger partial charge in [-0.1, -0.05) is 12.8 Å². The third-order valence-electron chi connectivity index (χ3n) is 7.17. The van der Waals surface area contributed by atoms with Crippen LogP contribution >= 0.6 is 0 Å². The predicted molar refractivity (Wildman–Crippen MR) is 130 cm³/mol. The van der Waals surface area contributed by atoms with E-state index in [9.17, 15) is 14.4 Å². The Morgan fingerprint density at radius 2 is 1.70 bits per heavy atom. The number of Topliss-reactive ketones (excluding diaryl/α,β-unsaturated/α-hetero) is 2. The third-order valence-corrected chi connectivity index (χ3v) is 7.17. The number of carbonyl (C=O) groups is 3. The maximum absolute atomic E-state index is 13.3. The number of hydrazine groups is 1. The van der Waals surface area contributed by atoms with Gasteiger partial charge in [0.15, 0.2) is 0 Å². The molecule has 1 aromatic carbocycles. The highest BCUT2D eigenvalue weighted by Gasteiger charge is 2.48. The highest BCUT2D eigenvalue weighted by Crippen LogP contribution is 2.46. The number of ketones is 2. The number of amides is 1. The Morgan fingerprint density at radius 1 is 1.15 bits per heavy atom. The van der Waals surface area contributed by atoms with Crippen LogP contribution in [-0.4, -0.2) is 61.1 Å². The molecule has 2 aliphatic rings. The summed E-state index contributed by atoms with van der Waals surface area (Å²) in [5, 5.41) is 1.85. The van der Waals surface area contributed by atoms with Crippen molar-refractivity contribution >= 4 is 17.5 Å². The quantitative estimate of drug-likeness (QED) is 0.423. The molecule has 1 unspecified atom stereocenters. The number of nitrogens with zero attached hydrogens (tertiary/aromatic N) is 2. The smallest absolute Gasteiger partial charge is 0.226 e. The van der Waals surface area contributed by atoms with Gasteiger partial charge in [-0.05, 0) is 67.9 Å². The SMILES string of the molecule is CC#Cc1cc(C)c(C2C(=O)CC3(CCN(C(=O)C(C)CNN(C)C)CC3)CC2=O)c(C)c1. The van der Waals surface area contributed by atoms with Crippen LogP contribution in [0.5, 0.6) is 0 Å². The minimum absolute atomic E-state index is 0.0232. The molecular weight excluding hydrogens is 414 g/mol. The molecule has 33 heavy (non-hydrogen) atoms. The molecule has 1 aliphatic carbocycles. The first-order valence-electron chi connectivity index (χ1n) is 11.9. The number of benzene rings is 1. The molecule has 6 nitrogen and oxygen atoms in total. The van der Waals surface area contributed by atoms with Crippen molar-refractivity contribution in [3.8, 4) is 11.8 Å². The number of hydrogen-bond acceptors (Lipinski definition) is 5. The van der Waals surface area contributed by atoms with E-state index in [1.54, 1.807) is 6.92 Å². The van der Waals surface area contributed by atoms with E-state index in [-0.39, 0.29) is 28.8 Å². The summed E-state index contributed by atoms with van der Waals surface area (Å²) in [6.45, 7) is 9.47. The molecule has 6 heteroatoms. The van der Waals surface area contributed by atoms with Gasteiger partial charge in [0.2, 0.25) is 5.91 Å². The fourth-order valence-electron chi connectivity index (χ4n) is 5.43. The molecule has 0 bridgehead atoms. The van der Waals surface area contributed by atoms with E-state index in [1.807, 2.05) is 56.9 Å². The summed E-state index contributed by atoms with van der Waals surface area (Å²) in [5.74, 6) is 5.36. The minimum atomic E-state index is -0.670. The topological polar surface area (TPSA) is 69.7 Å². The molecule has 0 aromatic heterocycles. The Hall–Kier alpha value is -2.49. The van der Waals surface area contributed by atoms with Gasteiger partial charge in [0, 0.05) is 58.1 Å². The van der Waals surface area contributed by atoms with Gasteiger partial charge >= 0.3 is 0 Å². The van der Waals surface area contributed by atoms with E-state index in [1.165, 1.54) is 0 Å². The van der Waals surface area contributed by atoms with Gasteiger partial charge in [0.05, 0.1) is 0 Å². The lowest BCUT2D eigenvalue weighted by molar-refractivity contribution is -0.141. The zero-order valence-corrected chi connectivity index (χ0v) is 20.9. The van der Waals surface area contributed by atoms with Crippen molar-refractivity contribution in [2.24, 2.45) is 11.3 Å². The predicted octanol–water partition coefficient (Wildman–Crippen LogP) is 3.00. The van der Waals surface area contributed by atoms with Crippen LogP contribution in [0.1, 0.15) is 67.7 Å². The molecule has 1 saturated carbocycles. The summed E-state index contributed by atoms with van der Waals surface area (Å²) in [6.07, 6.45) is 2.25. The summed E-state index contributed by atoms with van der Waals surface area (Å²) in [5.41, 5.74) is 6.54. The van der Waals surface area contributed by atoms with Crippen LogP contribution in [0, 0.1) is 37.0 Å². The van der Waals surface area contributed by atoms with Crippen LogP contribution in [0.2, 0.25) is 0 Å². The van der Waals surface area contributed by atoms with E-state index < -0.39 is 5.92 Å². The number of nitrogens with one attached hydrogen (secondary N) is 1. The first-order chi connectivity index (χ1) is 15.6. The average molecular weight is 452 g/mol. The van der Waals surface area contributed by atoms with Gasteiger partial charge in [0.1, 0.15) is 17.5 Å². The highest BCUT2D eigenvalue weighted by atomic mass is 16.2. The Balaban J connectivity index is 1.69. The molecule has 0 radical (unpaired) electrons. The van der Waals surface area contributed by atoms with E-state index >= 15 is 0 Å². The van der Waals surface area contributed by atoms with Crippen LogP contribution in [-0.2, 0) is 14.4 Å². The monoisotopic (exact) mass is 451 g/mol. The number of rotatable bonds is 5. The molecule has 3 rings (SSSR count). The van der Waals surface area contributed by atoms with Gasteiger partial charge in [-0.3, -0.25) is 24.8 Å². The van der Waals surface area contributed by atoms with E-state index in [2.05, 4.69) is 17.3 Å². The van der Waals surface area contributed by atoms with Gasteiger partial charge in [-0.25, -0.2) is 0 Å². The Morgan fingerprint density at radius 3 is 2.18 bits per heavy atom. The first-order valence-corrected chi connectivity index (χ1v) is 11.9. The van der Waals surface area contributed by atoms with Crippen LogP contribution in [0.3, 0.4) is 0 Å². The van der Waals surface area contributed by atoms with Gasteiger partial charge < -0.3 is 4.90 Å². The number of piperidine rings is 1. The summed E-state index contributed by atoms with van der Waals surface area (Å²) in [6, 6.07) is 3.94. The van der Waals surface area contributed by atoms with Gasteiger partial charge in [-0.2, -0.15) is 0 Å². The molecular formula is C27H37N3O3. The van der Waals surface area contributed by atoms with Crippen molar-refractivity contribution in [2.45, 2.75) is 59.3 Å². The largest absolute Gasteiger partial charge is 0.342 e. The number of hydrogen-bond donors (Lipinski definition) is 1. The summed E-state index contributed by atoms with van der Waals surface area (Å²) in [7, 11) is 3.81. The third kappa shape index (κ3) is 5.54.